The highest BCUT2D eigenvalue weighted by Gasteiger charge is 2.20. The molecule has 7 nitrogen and oxygen atoms in total. The summed E-state index contributed by atoms with van der Waals surface area (Å²) in [6.45, 7) is 0. The van der Waals surface area contributed by atoms with Gasteiger partial charge in [0.1, 0.15) is 23.5 Å². The van der Waals surface area contributed by atoms with Crippen LogP contribution in [0.4, 0.5) is 0 Å². The van der Waals surface area contributed by atoms with Gasteiger partial charge in [0.2, 0.25) is 10.7 Å². The van der Waals surface area contributed by atoms with E-state index in [9.17, 15) is 10.2 Å². The van der Waals surface area contributed by atoms with Crippen molar-refractivity contribution in [1.29, 1.82) is 0 Å². The zero-order chi connectivity index (χ0) is 18.8. The third-order valence-electron chi connectivity index (χ3n) is 4.24. The van der Waals surface area contributed by atoms with Crippen LogP contribution in [0.3, 0.4) is 0 Å². The summed E-state index contributed by atoms with van der Waals surface area (Å²) in [7, 11) is 0. The Morgan fingerprint density at radius 3 is 2.81 bits per heavy atom. The number of nitrogens with zero attached hydrogens (tertiary/aromatic N) is 2. The molecule has 0 bridgehead atoms. The van der Waals surface area contributed by atoms with Gasteiger partial charge in [0.25, 0.3) is 0 Å². The monoisotopic (exact) mass is 383 g/mol. The van der Waals surface area contributed by atoms with Crippen LogP contribution in [0.1, 0.15) is 19.3 Å². The SMILES string of the molecule is Oc1ccc(-c2n[nH]c(=S)n2C2=COC(CC3=CC=CCC3)=CO2)c(O)c1. The van der Waals surface area contributed by atoms with Crippen LogP contribution in [0.25, 0.3) is 17.3 Å². The van der Waals surface area contributed by atoms with E-state index in [4.69, 9.17) is 21.7 Å². The fourth-order valence-electron chi connectivity index (χ4n) is 2.91. The van der Waals surface area contributed by atoms with E-state index in [1.807, 2.05) is 6.08 Å². The lowest BCUT2D eigenvalue weighted by molar-refractivity contribution is 0.255. The van der Waals surface area contributed by atoms with Gasteiger partial charge in [-0.2, -0.15) is 5.10 Å². The van der Waals surface area contributed by atoms with Crippen molar-refractivity contribution < 1.29 is 19.7 Å². The van der Waals surface area contributed by atoms with Gasteiger partial charge >= 0.3 is 0 Å². The van der Waals surface area contributed by atoms with Crippen molar-refractivity contribution in [3.8, 4) is 22.9 Å². The van der Waals surface area contributed by atoms with Crippen LogP contribution in [0, 0.1) is 4.77 Å². The molecule has 3 N–H and O–H groups in total. The molecule has 1 aromatic heterocycles. The van der Waals surface area contributed by atoms with Gasteiger partial charge in [-0.25, -0.2) is 4.57 Å². The highest BCUT2D eigenvalue weighted by Crippen LogP contribution is 2.33. The molecule has 27 heavy (non-hydrogen) atoms. The van der Waals surface area contributed by atoms with Gasteiger partial charge in [-0.15, -0.1) is 0 Å². The van der Waals surface area contributed by atoms with Crippen molar-refractivity contribution in [2.45, 2.75) is 19.3 Å². The van der Waals surface area contributed by atoms with Gasteiger partial charge < -0.3 is 19.7 Å². The van der Waals surface area contributed by atoms with Crippen LogP contribution in [0.5, 0.6) is 11.5 Å². The van der Waals surface area contributed by atoms with E-state index in [1.54, 1.807) is 12.3 Å². The van der Waals surface area contributed by atoms with Gasteiger partial charge in [-0.3, -0.25) is 5.10 Å². The number of aromatic amines is 1. The number of allylic oxidation sites excluding steroid dienone is 4. The average molecular weight is 383 g/mol. The first-order valence-electron chi connectivity index (χ1n) is 8.39. The van der Waals surface area contributed by atoms with E-state index in [0.717, 1.165) is 12.8 Å². The lowest BCUT2D eigenvalue weighted by Crippen LogP contribution is -2.07. The Bertz CT molecular complexity index is 1060. The van der Waals surface area contributed by atoms with Crippen LogP contribution in [-0.2, 0) is 9.47 Å². The van der Waals surface area contributed by atoms with E-state index in [0.29, 0.717) is 29.5 Å². The van der Waals surface area contributed by atoms with Crippen LogP contribution in [-0.4, -0.2) is 25.0 Å². The number of ether oxygens (including phenoxy) is 2. The Morgan fingerprint density at radius 1 is 1.22 bits per heavy atom. The van der Waals surface area contributed by atoms with Crippen molar-refractivity contribution in [2.24, 2.45) is 0 Å². The standard InChI is InChI=1S/C19H17N3O4S/c23-13-6-7-15(16(24)9-13)18-20-21-19(27)22(18)17-11-25-14(10-26-17)8-12-4-2-1-3-5-12/h1-2,4,6-7,9-11,23-24H,3,5,8H2,(H,21,27). The molecule has 2 heterocycles. The maximum absolute atomic E-state index is 10.1. The molecule has 0 spiro atoms. The molecule has 2 aromatic rings. The Morgan fingerprint density at radius 2 is 2.11 bits per heavy atom. The van der Waals surface area contributed by atoms with E-state index < -0.39 is 0 Å². The van der Waals surface area contributed by atoms with Gasteiger partial charge in [0, 0.05) is 12.5 Å². The highest BCUT2D eigenvalue weighted by atomic mass is 32.1. The minimum absolute atomic E-state index is 0.0483. The zero-order valence-electron chi connectivity index (χ0n) is 14.3. The summed E-state index contributed by atoms with van der Waals surface area (Å²) in [4.78, 5) is 0. The first-order valence-corrected chi connectivity index (χ1v) is 8.80. The number of aromatic hydroxyl groups is 2. The molecule has 8 heteroatoms. The van der Waals surface area contributed by atoms with Gasteiger partial charge in [0.15, 0.2) is 12.1 Å². The van der Waals surface area contributed by atoms with Crippen molar-refractivity contribution in [1.82, 2.24) is 14.8 Å². The highest BCUT2D eigenvalue weighted by molar-refractivity contribution is 7.71. The second-order valence-corrected chi connectivity index (χ2v) is 6.52. The number of benzene rings is 1. The van der Waals surface area contributed by atoms with Crippen LogP contribution < -0.4 is 0 Å². The van der Waals surface area contributed by atoms with Gasteiger partial charge in [-0.1, -0.05) is 23.8 Å². The predicted octanol–water partition coefficient (Wildman–Crippen LogP) is 4.33. The molecule has 2 aliphatic rings. The van der Waals surface area contributed by atoms with E-state index >= 15 is 0 Å². The number of hydrogen-bond acceptors (Lipinski definition) is 6. The third-order valence-corrected chi connectivity index (χ3v) is 4.51. The first kappa shape index (κ1) is 17.2. The molecule has 0 saturated heterocycles. The maximum atomic E-state index is 10.1. The molecule has 1 aromatic carbocycles. The smallest absolute Gasteiger partial charge is 0.243 e. The average Bonchev–Trinajstić information content (AvgIpc) is 3.04. The van der Waals surface area contributed by atoms with Crippen molar-refractivity contribution in [3.63, 3.8) is 0 Å². The molecule has 0 unspecified atom stereocenters. The molecule has 4 rings (SSSR count). The lowest BCUT2D eigenvalue weighted by atomic mass is 10.0. The summed E-state index contributed by atoms with van der Waals surface area (Å²) in [6.07, 6.45) is 12.0. The molecule has 1 aliphatic carbocycles. The van der Waals surface area contributed by atoms with E-state index in [-0.39, 0.29) is 16.3 Å². The van der Waals surface area contributed by atoms with Crippen LogP contribution in [0.2, 0.25) is 0 Å². The topological polar surface area (TPSA) is 92.5 Å². The molecule has 138 valence electrons. The molecule has 0 radical (unpaired) electrons. The molecule has 0 fully saturated rings. The summed E-state index contributed by atoms with van der Waals surface area (Å²) in [5, 5.41) is 26.4. The third kappa shape index (κ3) is 3.52. The Balaban J connectivity index is 1.58. The quantitative estimate of drug-likeness (QED) is 0.681. The van der Waals surface area contributed by atoms with E-state index in [2.05, 4.69) is 22.3 Å². The summed E-state index contributed by atoms with van der Waals surface area (Å²) in [5.41, 5.74) is 1.66. The van der Waals surface area contributed by atoms with Crippen molar-refractivity contribution >= 4 is 18.1 Å². The zero-order valence-corrected chi connectivity index (χ0v) is 15.1. The summed E-state index contributed by atoms with van der Waals surface area (Å²) in [6, 6.07) is 4.23. The summed E-state index contributed by atoms with van der Waals surface area (Å²) >= 11 is 5.28. The minimum atomic E-state index is -0.129. The lowest BCUT2D eigenvalue weighted by Gasteiger charge is -2.18. The predicted molar refractivity (Wildman–Crippen MR) is 102 cm³/mol. The van der Waals surface area contributed by atoms with E-state index in [1.165, 1.54) is 28.5 Å². The minimum Gasteiger partial charge on any atom is -0.508 e. The largest absolute Gasteiger partial charge is 0.508 e. The molecular formula is C19H17N3O4S. The molecular weight excluding hydrogens is 366 g/mol. The number of hydrogen-bond donors (Lipinski definition) is 3. The van der Waals surface area contributed by atoms with Crippen molar-refractivity contribution in [3.05, 3.63) is 65.1 Å². The van der Waals surface area contributed by atoms with Crippen molar-refractivity contribution in [2.75, 3.05) is 0 Å². The second kappa shape index (κ2) is 7.16. The number of phenols is 2. The first-order chi connectivity index (χ1) is 13.1. The molecule has 0 atom stereocenters. The number of aromatic nitrogens is 3. The Kier molecular flexibility index (Phi) is 4.55. The van der Waals surface area contributed by atoms with Crippen LogP contribution >= 0.6 is 12.2 Å². The molecule has 0 amide bonds. The fourth-order valence-corrected chi connectivity index (χ4v) is 3.13. The Labute approximate surface area is 160 Å². The number of H-pyrrole nitrogens is 1. The van der Waals surface area contributed by atoms with Gasteiger partial charge in [0.05, 0.1) is 5.56 Å². The molecule has 0 saturated carbocycles. The van der Waals surface area contributed by atoms with Gasteiger partial charge in [-0.05, 0) is 37.2 Å². The fraction of sp³-hybridized carbons (Fsp3) is 0.158. The summed E-state index contributed by atoms with van der Waals surface area (Å²) in [5.74, 6) is 1.18. The summed E-state index contributed by atoms with van der Waals surface area (Å²) < 4.78 is 13.2. The maximum Gasteiger partial charge on any atom is 0.243 e. The number of phenolic OH excluding ortho intramolecular Hbond substituents is 2. The van der Waals surface area contributed by atoms with Crippen LogP contribution in [0.15, 0.2) is 60.3 Å². The Hall–Kier alpha value is -3.26. The normalized spacial score (nSPS) is 16.1. The second-order valence-electron chi connectivity index (χ2n) is 6.13. The number of nitrogens with one attached hydrogen (secondary N) is 1. The number of rotatable bonds is 4. The molecule has 1 aliphatic heterocycles.